The van der Waals surface area contributed by atoms with E-state index in [9.17, 15) is 4.79 Å². The fourth-order valence-electron chi connectivity index (χ4n) is 2.94. The number of anilines is 1. The number of amides is 1. The summed E-state index contributed by atoms with van der Waals surface area (Å²) < 4.78 is 5.37. The second kappa shape index (κ2) is 5.88. The second-order valence-corrected chi connectivity index (χ2v) is 6.13. The minimum Gasteiger partial charge on any atom is -0.356 e. The maximum absolute atomic E-state index is 12.3. The van der Waals surface area contributed by atoms with E-state index in [2.05, 4.69) is 16.5 Å². The number of hydrogen-bond donors (Lipinski definition) is 1. The third kappa shape index (κ3) is 3.11. The molecule has 1 heterocycles. The fraction of sp³-hybridized carbons (Fsp3) is 0.263. The van der Waals surface area contributed by atoms with Gasteiger partial charge in [0.05, 0.1) is 6.42 Å². The van der Waals surface area contributed by atoms with Gasteiger partial charge in [-0.3, -0.25) is 4.79 Å². The topological polar surface area (TPSA) is 55.1 Å². The largest absolute Gasteiger partial charge is 0.356 e. The maximum Gasteiger partial charge on any atom is 0.230 e. The van der Waals surface area contributed by atoms with Crippen LogP contribution in [0.4, 0.5) is 5.69 Å². The zero-order valence-corrected chi connectivity index (χ0v) is 13.9. The standard InChI is InChI=1S/C19H20N2O2/c1-11-5-6-15(13(3)7-11)20-18(22)10-16-19-14(4)8-12(2)9-17(19)23-21-16/h5-9H,10H2,1-4H3,(H,20,22). The van der Waals surface area contributed by atoms with E-state index in [0.717, 1.165) is 33.3 Å². The quantitative estimate of drug-likeness (QED) is 0.787. The molecule has 0 atom stereocenters. The van der Waals surface area contributed by atoms with E-state index >= 15 is 0 Å². The number of nitrogens with one attached hydrogen (secondary N) is 1. The van der Waals surface area contributed by atoms with Crippen molar-refractivity contribution in [3.8, 4) is 0 Å². The molecule has 0 aliphatic heterocycles. The van der Waals surface area contributed by atoms with Crippen LogP contribution in [0.25, 0.3) is 11.0 Å². The van der Waals surface area contributed by atoms with E-state index in [1.165, 1.54) is 5.56 Å². The molecule has 4 nitrogen and oxygen atoms in total. The molecule has 0 aliphatic carbocycles. The molecule has 0 aliphatic rings. The van der Waals surface area contributed by atoms with Crippen LogP contribution in [0, 0.1) is 27.7 Å². The summed E-state index contributed by atoms with van der Waals surface area (Å²) in [5.41, 5.74) is 6.68. The Morgan fingerprint density at radius 1 is 1.04 bits per heavy atom. The molecule has 118 valence electrons. The summed E-state index contributed by atoms with van der Waals surface area (Å²) >= 11 is 0. The molecular weight excluding hydrogens is 288 g/mol. The molecule has 0 fully saturated rings. The molecule has 2 aromatic carbocycles. The third-order valence-corrected chi connectivity index (χ3v) is 3.97. The van der Waals surface area contributed by atoms with Crippen molar-refractivity contribution >= 4 is 22.6 Å². The van der Waals surface area contributed by atoms with Gasteiger partial charge in [-0.1, -0.05) is 28.9 Å². The summed E-state index contributed by atoms with van der Waals surface area (Å²) in [5, 5.41) is 7.97. The zero-order valence-electron chi connectivity index (χ0n) is 13.9. The van der Waals surface area contributed by atoms with Crippen molar-refractivity contribution in [3.63, 3.8) is 0 Å². The molecule has 4 heteroatoms. The highest BCUT2D eigenvalue weighted by molar-refractivity contribution is 5.96. The predicted octanol–water partition coefficient (Wildman–Crippen LogP) is 4.24. The Balaban J connectivity index is 1.83. The van der Waals surface area contributed by atoms with Gasteiger partial charge in [-0.2, -0.15) is 0 Å². The lowest BCUT2D eigenvalue weighted by Gasteiger charge is -2.08. The lowest BCUT2D eigenvalue weighted by molar-refractivity contribution is -0.115. The maximum atomic E-state index is 12.3. The average molecular weight is 308 g/mol. The molecule has 1 N–H and O–H groups in total. The summed E-state index contributed by atoms with van der Waals surface area (Å²) in [7, 11) is 0. The van der Waals surface area contributed by atoms with Gasteiger partial charge in [0, 0.05) is 11.1 Å². The number of rotatable bonds is 3. The van der Waals surface area contributed by atoms with Crippen LogP contribution < -0.4 is 5.32 Å². The van der Waals surface area contributed by atoms with E-state index in [1.807, 2.05) is 52.0 Å². The molecule has 0 bridgehead atoms. The van der Waals surface area contributed by atoms with Crippen molar-refractivity contribution < 1.29 is 9.32 Å². The van der Waals surface area contributed by atoms with Crippen LogP contribution >= 0.6 is 0 Å². The Kier molecular flexibility index (Phi) is 3.90. The first-order chi connectivity index (χ1) is 10.9. The lowest BCUT2D eigenvalue weighted by Crippen LogP contribution is -2.15. The third-order valence-electron chi connectivity index (χ3n) is 3.97. The summed E-state index contributed by atoms with van der Waals surface area (Å²) in [4.78, 5) is 12.3. The number of aromatic nitrogens is 1. The SMILES string of the molecule is Cc1ccc(NC(=O)Cc2noc3cc(C)cc(C)c23)c(C)c1. The Hall–Kier alpha value is -2.62. The Morgan fingerprint density at radius 2 is 1.78 bits per heavy atom. The van der Waals surface area contributed by atoms with Gasteiger partial charge in [-0.05, 0) is 56.5 Å². The van der Waals surface area contributed by atoms with Crippen molar-refractivity contribution in [2.24, 2.45) is 0 Å². The Morgan fingerprint density at radius 3 is 2.52 bits per heavy atom. The molecule has 0 saturated carbocycles. The number of hydrogen-bond acceptors (Lipinski definition) is 3. The first-order valence-electron chi connectivity index (χ1n) is 7.66. The molecule has 3 aromatic rings. The molecule has 1 aromatic heterocycles. The van der Waals surface area contributed by atoms with Crippen LogP contribution in [-0.2, 0) is 11.2 Å². The molecule has 0 unspecified atom stereocenters. The smallest absolute Gasteiger partial charge is 0.230 e. The molecule has 23 heavy (non-hydrogen) atoms. The van der Waals surface area contributed by atoms with Gasteiger partial charge in [0.25, 0.3) is 0 Å². The van der Waals surface area contributed by atoms with Crippen LogP contribution in [0.15, 0.2) is 34.9 Å². The van der Waals surface area contributed by atoms with Gasteiger partial charge >= 0.3 is 0 Å². The average Bonchev–Trinajstić information content (AvgIpc) is 2.85. The molecule has 0 saturated heterocycles. The number of carbonyl (C=O) groups is 1. The highest BCUT2D eigenvalue weighted by Crippen LogP contribution is 2.25. The number of fused-ring (bicyclic) bond motifs is 1. The van der Waals surface area contributed by atoms with E-state index in [1.54, 1.807) is 0 Å². The number of benzene rings is 2. The number of carbonyl (C=O) groups excluding carboxylic acids is 1. The van der Waals surface area contributed by atoms with Crippen LogP contribution in [0.5, 0.6) is 0 Å². The Bertz CT molecular complexity index is 894. The van der Waals surface area contributed by atoms with E-state index < -0.39 is 0 Å². The molecule has 1 amide bonds. The minimum atomic E-state index is -0.0906. The molecule has 0 spiro atoms. The first-order valence-corrected chi connectivity index (χ1v) is 7.66. The van der Waals surface area contributed by atoms with Crippen molar-refractivity contribution in [2.45, 2.75) is 34.1 Å². The summed E-state index contributed by atoms with van der Waals surface area (Å²) in [6.45, 7) is 8.05. The van der Waals surface area contributed by atoms with Crippen molar-refractivity contribution in [3.05, 3.63) is 58.3 Å². The Labute approximate surface area is 135 Å². The van der Waals surface area contributed by atoms with Gasteiger partial charge in [0.15, 0.2) is 5.58 Å². The van der Waals surface area contributed by atoms with E-state index in [0.29, 0.717) is 5.69 Å². The predicted molar refractivity (Wildman–Crippen MR) is 91.7 cm³/mol. The molecular formula is C19H20N2O2. The van der Waals surface area contributed by atoms with Gasteiger partial charge in [-0.25, -0.2) is 0 Å². The zero-order chi connectivity index (χ0) is 16.6. The van der Waals surface area contributed by atoms with Gasteiger partial charge < -0.3 is 9.84 Å². The van der Waals surface area contributed by atoms with Gasteiger partial charge in [0.2, 0.25) is 5.91 Å². The van der Waals surface area contributed by atoms with Crippen molar-refractivity contribution in [1.29, 1.82) is 0 Å². The highest BCUT2D eigenvalue weighted by Gasteiger charge is 2.15. The summed E-state index contributed by atoms with van der Waals surface area (Å²) in [5.74, 6) is -0.0906. The first kappa shape index (κ1) is 15.3. The minimum absolute atomic E-state index is 0.0906. The van der Waals surface area contributed by atoms with Crippen LogP contribution in [0.3, 0.4) is 0 Å². The van der Waals surface area contributed by atoms with Crippen LogP contribution in [0.2, 0.25) is 0 Å². The van der Waals surface area contributed by atoms with Crippen molar-refractivity contribution in [2.75, 3.05) is 5.32 Å². The number of aryl methyl sites for hydroxylation is 4. The van der Waals surface area contributed by atoms with E-state index in [4.69, 9.17) is 4.52 Å². The molecule has 0 radical (unpaired) electrons. The normalized spacial score (nSPS) is 11.0. The van der Waals surface area contributed by atoms with Gasteiger partial charge in [0.1, 0.15) is 5.69 Å². The van der Waals surface area contributed by atoms with Crippen LogP contribution in [-0.4, -0.2) is 11.1 Å². The fourth-order valence-corrected chi connectivity index (χ4v) is 2.94. The lowest BCUT2D eigenvalue weighted by atomic mass is 10.0. The summed E-state index contributed by atoms with van der Waals surface area (Å²) in [6.07, 6.45) is 0.199. The summed E-state index contributed by atoms with van der Waals surface area (Å²) in [6, 6.07) is 9.99. The van der Waals surface area contributed by atoms with Crippen molar-refractivity contribution in [1.82, 2.24) is 5.16 Å². The van der Waals surface area contributed by atoms with Crippen LogP contribution in [0.1, 0.15) is 27.9 Å². The second-order valence-electron chi connectivity index (χ2n) is 6.13. The van der Waals surface area contributed by atoms with Gasteiger partial charge in [-0.15, -0.1) is 0 Å². The molecule has 3 rings (SSSR count). The monoisotopic (exact) mass is 308 g/mol. The highest BCUT2D eigenvalue weighted by atomic mass is 16.5. The van der Waals surface area contributed by atoms with E-state index in [-0.39, 0.29) is 12.3 Å². The number of nitrogens with zero attached hydrogens (tertiary/aromatic N) is 1.